The maximum atomic E-state index is 13.6. The van der Waals surface area contributed by atoms with Gasteiger partial charge < -0.3 is 10.6 Å². The summed E-state index contributed by atoms with van der Waals surface area (Å²) < 4.78 is 13.6. The van der Waals surface area contributed by atoms with Gasteiger partial charge in [-0.25, -0.2) is 4.39 Å². The fraction of sp³-hybridized carbons (Fsp3) is 0.462. The first-order chi connectivity index (χ1) is 7.92. The van der Waals surface area contributed by atoms with E-state index in [1.165, 1.54) is 18.2 Å². The lowest BCUT2D eigenvalue weighted by Crippen LogP contribution is -2.43. The first kappa shape index (κ1) is 11.9. The fourth-order valence-corrected chi connectivity index (χ4v) is 2.34. The smallest absolute Gasteiger partial charge is 0.257 e. The molecule has 1 heterocycles. The topological polar surface area (TPSA) is 46.3 Å². The molecule has 2 N–H and O–H groups in total. The number of anilines is 1. The average Bonchev–Trinajstić information content (AvgIpc) is 2.61. The van der Waals surface area contributed by atoms with E-state index in [1.807, 2.05) is 13.8 Å². The Morgan fingerprint density at radius 1 is 1.47 bits per heavy atom. The maximum Gasteiger partial charge on any atom is 0.257 e. The van der Waals surface area contributed by atoms with Crippen molar-refractivity contribution in [3.05, 3.63) is 29.6 Å². The molecule has 0 spiro atoms. The lowest BCUT2D eigenvalue weighted by atomic mass is 10.0. The van der Waals surface area contributed by atoms with Gasteiger partial charge in [-0.3, -0.25) is 4.79 Å². The zero-order valence-corrected chi connectivity index (χ0v) is 10.2. The van der Waals surface area contributed by atoms with Gasteiger partial charge in [-0.15, -0.1) is 0 Å². The molecule has 4 heteroatoms. The predicted molar refractivity (Wildman–Crippen MR) is 65.2 cm³/mol. The molecular formula is C13H17FN2O. The van der Waals surface area contributed by atoms with E-state index < -0.39 is 5.82 Å². The van der Waals surface area contributed by atoms with Crippen LogP contribution in [0.2, 0.25) is 0 Å². The Morgan fingerprint density at radius 2 is 2.18 bits per heavy atom. The summed E-state index contributed by atoms with van der Waals surface area (Å²) in [6, 6.07) is 4.11. The van der Waals surface area contributed by atoms with Crippen molar-refractivity contribution in [3.8, 4) is 0 Å². The van der Waals surface area contributed by atoms with Crippen molar-refractivity contribution in [2.24, 2.45) is 0 Å². The third-order valence-electron chi connectivity index (χ3n) is 3.37. The van der Waals surface area contributed by atoms with Gasteiger partial charge in [0.1, 0.15) is 5.82 Å². The Balaban J connectivity index is 2.34. The van der Waals surface area contributed by atoms with Crippen molar-refractivity contribution in [1.29, 1.82) is 0 Å². The zero-order chi connectivity index (χ0) is 12.6. The Kier molecular flexibility index (Phi) is 2.81. The van der Waals surface area contributed by atoms with Gasteiger partial charge in [0, 0.05) is 17.8 Å². The summed E-state index contributed by atoms with van der Waals surface area (Å²) in [6.45, 7) is 4.68. The van der Waals surface area contributed by atoms with E-state index >= 15 is 0 Å². The molecule has 1 saturated heterocycles. The van der Waals surface area contributed by atoms with Gasteiger partial charge in [-0.05, 0) is 44.9 Å². The van der Waals surface area contributed by atoms with Crippen molar-refractivity contribution >= 4 is 11.6 Å². The molecule has 0 aliphatic carbocycles. The summed E-state index contributed by atoms with van der Waals surface area (Å²) in [7, 11) is 0. The molecular weight excluding hydrogens is 219 g/mol. The van der Waals surface area contributed by atoms with Crippen LogP contribution >= 0.6 is 0 Å². The Bertz CT molecular complexity index is 457. The molecule has 1 aliphatic rings. The summed E-state index contributed by atoms with van der Waals surface area (Å²) in [5, 5.41) is 0. The number of nitrogen functional groups attached to an aromatic ring is 1. The van der Waals surface area contributed by atoms with Crippen LogP contribution in [0.25, 0.3) is 0 Å². The second-order valence-corrected chi connectivity index (χ2v) is 5.11. The van der Waals surface area contributed by atoms with E-state index in [1.54, 1.807) is 4.90 Å². The van der Waals surface area contributed by atoms with Crippen molar-refractivity contribution in [2.45, 2.75) is 32.2 Å². The van der Waals surface area contributed by atoms with Crippen molar-refractivity contribution < 1.29 is 9.18 Å². The SMILES string of the molecule is CC1(C)CCCN1C(=O)c1cc(N)ccc1F. The third kappa shape index (κ3) is 2.12. The van der Waals surface area contributed by atoms with E-state index in [0.717, 1.165) is 12.8 Å². The first-order valence-electron chi connectivity index (χ1n) is 5.79. The number of carbonyl (C=O) groups is 1. The second kappa shape index (κ2) is 4.02. The zero-order valence-electron chi connectivity index (χ0n) is 10.2. The van der Waals surface area contributed by atoms with E-state index in [-0.39, 0.29) is 17.0 Å². The number of halogens is 1. The standard InChI is InChI=1S/C13H17FN2O/c1-13(2)6-3-7-16(13)12(17)10-8-9(15)4-5-11(10)14/h4-5,8H,3,6-7,15H2,1-2H3. The van der Waals surface area contributed by atoms with Crippen LogP contribution < -0.4 is 5.73 Å². The summed E-state index contributed by atoms with van der Waals surface area (Å²) >= 11 is 0. The largest absolute Gasteiger partial charge is 0.399 e. The molecule has 1 amide bonds. The summed E-state index contributed by atoms with van der Waals surface area (Å²) in [5.74, 6) is -0.774. The number of benzene rings is 1. The molecule has 0 aromatic heterocycles. The molecule has 0 radical (unpaired) electrons. The van der Waals surface area contributed by atoms with Gasteiger partial charge in [-0.1, -0.05) is 0 Å². The minimum atomic E-state index is -0.507. The van der Waals surface area contributed by atoms with Gasteiger partial charge in [0.25, 0.3) is 5.91 Å². The molecule has 17 heavy (non-hydrogen) atoms. The quantitative estimate of drug-likeness (QED) is 0.761. The number of hydrogen-bond acceptors (Lipinski definition) is 2. The number of amides is 1. The van der Waals surface area contributed by atoms with Gasteiger partial charge in [0.2, 0.25) is 0 Å². The van der Waals surface area contributed by atoms with Crippen LogP contribution in [0.3, 0.4) is 0 Å². The molecule has 2 rings (SSSR count). The number of rotatable bonds is 1. The van der Waals surface area contributed by atoms with Crippen LogP contribution in [0.15, 0.2) is 18.2 Å². The molecule has 1 fully saturated rings. The lowest BCUT2D eigenvalue weighted by molar-refractivity contribution is 0.0647. The van der Waals surface area contributed by atoms with Crippen LogP contribution in [0, 0.1) is 5.82 Å². The molecule has 0 atom stereocenters. The van der Waals surface area contributed by atoms with Crippen LogP contribution in [0.5, 0.6) is 0 Å². The van der Waals surface area contributed by atoms with Crippen LogP contribution in [0.1, 0.15) is 37.0 Å². The molecule has 1 aliphatic heterocycles. The first-order valence-corrected chi connectivity index (χ1v) is 5.79. The lowest BCUT2D eigenvalue weighted by Gasteiger charge is -2.31. The minimum absolute atomic E-state index is 0.0694. The fourth-order valence-electron chi connectivity index (χ4n) is 2.34. The van der Waals surface area contributed by atoms with Crippen LogP contribution in [-0.4, -0.2) is 22.9 Å². The van der Waals surface area contributed by atoms with Crippen molar-refractivity contribution in [2.75, 3.05) is 12.3 Å². The molecule has 1 aromatic rings. The number of carbonyl (C=O) groups excluding carboxylic acids is 1. The average molecular weight is 236 g/mol. The van der Waals surface area contributed by atoms with E-state index in [0.29, 0.717) is 12.2 Å². The highest BCUT2D eigenvalue weighted by Gasteiger charge is 2.36. The van der Waals surface area contributed by atoms with Gasteiger partial charge >= 0.3 is 0 Å². The predicted octanol–water partition coefficient (Wildman–Crippen LogP) is 2.42. The summed E-state index contributed by atoms with van der Waals surface area (Å²) in [6.07, 6.45) is 1.91. The maximum absolute atomic E-state index is 13.6. The Labute approximate surface area is 100 Å². The highest BCUT2D eigenvalue weighted by atomic mass is 19.1. The van der Waals surface area contributed by atoms with Gasteiger partial charge in [0.05, 0.1) is 5.56 Å². The van der Waals surface area contributed by atoms with Crippen LogP contribution in [-0.2, 0) is 0 Å². The number of hydrogen-bond donors (Lipinski definition) is 1. The number of nitrogens with two attached hydrogens (primary N) is 1. The Hall–Kier alpha value is -1.58. The minimum Gasteiger partial charge on any atom is -0.399 e. The monoisotopic (exact) mass is 236 g/mol. The molecule has 0 saturated carbocycles. The Morgan fingerprint density at radius 3 is 2.76 bits per heavy atom. The second-order valence-electron chi connectivity index (χ2n) is 5.11. The highest BCUT2D eigenvalue weighted by molar-refractivity contribution is 5.96. The van der Waals surface area contributed by atoms with Crippen molar-refractivity contribution in [1.82, 2.24) is 4.90 Å². The molecule has 3 nitrogen and oxygen atoms in total. The van der Waals surface area contributed by atoms with Gasteiger partial charge in [-0.2, -0.15) is 0 Å². The third-order valence-corrected chi connectivity index (χ3v) is 3.37. The molecule has 0 unspecified atom stereocenters. The van der Waals surface area contributed by atoms with E-state index in [4.69, 9.17) is 5.73 Å². The molecule has 92 valence electrons. The number of likely N-dealkylation sites (tertiary alicyclic amines) is 1. The van der Waals surface area contributed by atoms with Gasteiger partial charge in [0.15, 0.2) is 0 Å². The molecule has 0 bridgehead atoms. The molecule has 1 aromatic carbocycles. The summed E-state index contributed by atoms with van der Waals surface area (Å²) in [4.78, 5) is 14.0. The summed E-state index contributed by atoms with van der Waals surface area (Å²) in [5.41, 5.74) is 5.87. The van der Waals surface area contributed by atoms with E-state index in [2.05, 4.69) is 0 Å². The van der Waals surface area contributed by atoms with Crippen LogP contribution in [0.4, 0.5) is 10.1 Å². The van der Waals surface area contributed by atoms with Crippen molar-refractivity contribution in [3.63, 3.8) is 0 Å². The normalized spacial score (nSPS) is 18.4. The highest BCUT2D eigenvalue weighted by Crippen LogP contribution is 2.30. The van der Waals surface area contributed by atoms with E-state index in [9.17, 15) is 9.18 Å². The number of nitrogens with zero attached hydrogens (tertiary/aromatic N) is 1.